The van der Waals surface area contributed by atoms with Gasteiger partial charge in [0.15, 0.2) is 0 Å². The third kappa shape index (κ3) is 5.02. The molecule has 2 heterocycles. The molecule has 2 saturated heterocycles. The maximum atomic E-state index is 13.1. The van der Waals surface area contributed by atoms with E-state index in [9.17, 15) is 28.2 Å². The molecule has 10 heteroatoms. The first-order valence-corrected chi connectivity index (χ1v) is 13.4. The van der Waals surface area contributed by atoms with Gasteiger partial charge in [0.1, 0.15) is 11.5 Å². The molecule has 2 N–H and O–H groups in total. The Morgan fingerprint density at radius 1 is 1.00 bits per heavy atom. The molecule has 2 aromatic rings. The van der Waals surface area contributed by atoms with Crippen molar-refractivity contribution in [2.24, 2.45) is 0 Å². The van der Waals surface area contributed by atoms with Crippen LogP contribution < -0.4 is 0 Å². The summed E-state index contributed by atoms with van der Waals surface area (Å²) in [5.74, 6) is -1.92. The number of methoxy groups -OCH3 is 1. The van der Waals surface area contributed by atoms with E-state index in [1.165, 1.54) is 45.6 Å². The molecule has 9 nitrogen and oxygen atoms in total. The fourth-order valence-corrected chi connectivity index (χ4v) is 6.20. The Morgan fingerprint density at radius 3 is 2.25 bits per heavy atom. The van der Waals surface area contributed by atoms with Crippen LogP contribution in [0.5, 0.6) is 5.75 Å². The lowest BCUT2D eigenvalue weighted by Crippen LogP contribution is -2.35. The predicted octanol–water partition coefficient (Wildman–Crippen LogP) is 3.03. The van der Waals surface area contributed by atoms with Gasteiger partial charge in [-0.15, -0.1) is 0 Å². The zero-order valence-corrected chi connectivity index (χ0v) is 20.9. The second-order valence-electron chi connectivity index (χ2n) is 8.92. The summed E-state index contributed by atoms with van der Waals surface area (Å²) in [6, 6.07) is 10.9. The van der Waals surface area contributed by atoms with Gasteiger partial charge in [0, 0.05) is 38.9 Å². The number of hydrogen-bond acceptors (Lipinski definition) is 7. The molecular weight excluding hydrogens is 484 g/mol. The Bertz CT molecular complexity index is 1250. The van der Waals surface area contributed by atoms with Gasteiger partial charge in [-0.05, 0) is 61.2 Å². The van der Waals surface area contributed by atoms with E-state index in [0.29, 0.717) is 31.7 Å². The number of hydrogen-bond donors (Lipinski definition) is 2. The molecule has 0 radical (unpaired) electrons. The number of sulfonamides is 1. The Hall–Kier alpha value is -3.21. The first-order chi connectivity index (χ1) is 17.3. The lowest BCUT2D eigenvalue weighted by atomic mass is 9.95. The first-order valence-electron chi connectivity index (χ1n) is 11.9. The number of amides is 1. The summed E-state index contributed by atoms with van der Waals surface area (Å²) < 4.78 is 32.5. The Kier molecular flexibility index (Phi) is 7.77. The predicted molar refractivity (Wildman–Crippen MR) is 133 cm³/mol. The number of aliphatic hydroxyl groups excluding tert-OH is 1. The molecule has 1 atom stereocenters. The number of aliphatic hydroxyl groups is 1. The average Bonchev–Trinajstić information content (AvgIpc) is 3.14. The normalized spacial score (nSPS) is 20.7. The van der Waals surface area contributed by atoms with Crippen molar-refractivity contribution in [3.8, 4) is 5.75 Å². The van der Waals surface area contributed by atoms with Crippen molar-refractivity contribution in [2.75, 3.05) is 33.4 Å². The third-order valence-corrected chi connectivity index (χ3v) is 8.49. The van der Waals surface area contributed by atoms with Crippen molar-refractivity contribution in [3.05, 3.63) is 65.2 Å². The van der Waals surface area contributed by atoms with Gasteiger partial charge in [-0.2, -0.15) is 4.31 Å². The summed E-state index contributed by atoms with van der Waals surface area (Å²) in [6.07, 6.45) is 3.13. The average molecular weight is 515 g/mol. The Labute approximate surface area is 210 Å². The molecule has 0 aromatic heterocycles. The topological polar surface area (TPSA) is 124 Å². The summed E-state index contributed by atoms with van der Waals surface area (Å²) >= 11 is 0. The van der Waals surface area contributed by atoms with Crippen LogP contribution in [0.25, 0.3) is 5.76 Å². The van der Waals surface area contributed by atoms with E-state index < -0.39 is 27.8 Å². The van der Waals surface area contributed by atoms with Gasteiger partial charge in [-0.3, -0.25) is 9.59 Å². The molecule has 2 aliphatic heterocycles. The van der Waals surface area contributed by atoms with Crippen molar-refractivity contribution < 1.29 is 33.0 Å². The summed E-state index contributed by atoms with van der Waals surface area (Å²) in [4.78, 5) is 27.5. The van der Waals surface area contributed by atoms with Crippen LogP contribution in [0, 0.1) is 0 Å². The molecular formula is C26H30N2O7S. The van der Waals surface area contributed by atoms with Gasteiger partial charge < -0.3 is 19.8 Å². The van der Waals surface area contributed by atoms with Crippen LogP contribution in [-0.4, -0.2) is 72.9 Å². The molecule has 0 aliphatic carbocycles. The number of piperidine rings is 1. The van der Waals surface area contributed by atoms with E-state index in [0.717, 1.165) is 19.3 Å². The van der Waals surface area contributed by atoms with E-state index in [4.69, 9.17) is 4.74 Å². The second kappa shape index (κ2) is 10.8. The minimum atomic E-state index is -3.65. The first kappa shape index (κ1) is 25.9. The molecule has 2 fully saturated rings. The molecule has 192 valence electrons. The zero-order chi connectivity index (χ0) is 25.9. The van der Waals surface area contributed by atoms with Gasteiger partial charge in [-0.1, -0.05) is 18.6 Å². The fourth-order valence-electron chi connectivity index (χ4n) is 4.69. The molecule has 0 unspecified atom stereocenters. The largest absolute Gasteiger partial charge is 0.508 e. The number of likely N-dealkylation sites (tertiary alicyclic amines) is 1. The van der Waals surface area contributed by atoms with E-state index >= 15 is 0 Å². The summed E-state index contributed by atoms with van der Waals surface area (Å²) in [5.41, 5.74) is 0.691. The SMILES string of the molecule is COCCCN1C(=O)C(=O)/C(=C(/O)c2ccc(S(=O)(=O)N3CCCCC3)cc2)[C@@H]1c1ccc(O)cc1. The quantitative estimate of drug-likeness (QED) is 0.240. The number of carbonyl (C=O) groups is 2. The molecule has 2 aromatic carbocycles. The number of phenolic OH excluding ortho intramolecular Hbond substituents is 1. The maximum absolute atomic E-state index is 13.1. The standard InChI is InChI=1S/C26H30N2O7S/c1-35-17-5-16-28-23(18-6-10-20(29)11-7-18)22(25(31)26(28)32)24(30)19-8-12-21(13-9-19)36(33,34)27-14-3-2-4-15-27/h6-13,23,29-30H,2-5,14-17H2,1H3/b24-22+/t23-/m0/s1. The fraction of sp³-hybridized carbons (Fsp3) is 0.385. The molecule has 1 amide bonds. The van der Waals surface area contributed by atoms with Crippen LogP contribution in [0.1, 0.15) is 42.9 Å². The number of ketones is 1. The monoisotopic (exact) mass is 514 g/mol. The molecule has 2 aliphatic rings. The highest BCUT2D eigenvalue weighted by Crippen LogP contribution is 2.40. The van der Waals surface area contributed by atoms with Gasteiger partial charge >= 0.3 is 0 Å². The molecule has 36 heavy (non-hydrogen) atoms. The van der Waals surface area contributed by atoms with Crippen molar-refractivity contribution in [1.82, 2.24) is 9.21 Å². The third-order valence-electron chi connectivity index (χ3n) is 6.58. The van der Waals surface area contributed by atoms with E-state index in [-0.39, 0.29) is 34.1 Å². The lowest BCUT2D eigenvalue weighted by Gasteiger charge is -2.26. The molecule has 0 bridgehead atoms. The lowest BCUT2D eigenvalue weighted by molar-refractivity contribution is -0.140. The van der Waals surface area contributed by atoms with Crippen LogP contribution in [-0.2, 0) is 24.3 Å². The minimum Gasteiger partial charge on any atom is -0.508 e. The highest BCUT2D eigenvalue weighted by molar-refractivity contribution is 7.89. The molecule has 4 rings (SSSR count). The number of aromatic hydroxyl groups is 1. The molecule has 0 spiro atoms. The van der Waals surface area contributed by atoms with Gasteiger partial charge in [0.2, 0.25) is 10.0 Å². The van der Waals surface area contributed by atoms with Crippen molar-refractivity contribution in [2.45, 2.75) is 36.6 Å². The van der Waals surface area contributed by atoms with Crippen LogP contribution in [0.15, 0.2) is 59.0 Å². The highest BCUT2D eigenvalue weighted by atomic mass is 32.2. The number of ether oxygens (including phenoxy) is 1. The summed E-state index contributed by atoms with van der Waals surface area (Å²) in [7, 11) is -2.11. The van der Waals surface area contributed by atoms with E-state index in [1.807, 2.05) is 0 Å². The van der Waals surface area contributed by atoms with Gasteiger partial charge in [0.25, 0.3) is 11.7 Å². The number of phenols is 1. The summed E-state index contributed by atoms with van der Waals surface area (Å²) in [6.45, 7) is 1.57. The number of rotatable bonds is 8. The number of carbonyl (C=O) groups excluding carboxylic acids is 2. The van der Waals surface area contributed by atoms with Crippen LogP contribution in [0.3, 0.4) is 0 Å². The summed E-state index contributed by atoms with van der Waals surface area (Å²) in [5, 5.41) is 20.9. The van der Waals surface area contributed by atoms with E-state index in [2.05, 4.69) is 0 Å². The van der Waals surface area contributed by atoms with Crippen LogP contribution in [0.2, 0.25) is 0 Å². The van der Waals surface area contributed by atoms with Crippen molar-refractivity contribution in [1.29, 1.82) is 0 Å². The van der Waals surface area contributed by atoms with Gasteiger partial charge in [0.05, 0.1) is 16.5 Å². The Balaban J connectivity index is 1.71. The van der Waals surface area contributed by atoms with Crippen LogP contribution >= 0.6 is 0 Å². The zero-order valence-electron chi connectivity index (χ0n) is 20.1. The van der Waals surface area contributed by atoms with E-state index in [1.54, 1.807) is 19.2 Å². The minimum absolute atomic E-state index is 0.0283. The Morgan fingerprint density at radius 2 is 1.64 bits per heavy atom. The van der Waals surface area contributed by atoms with Crippen LogP contribution in [0.4, 0.5) is 0 Å². The smallest absolute Gasteiger partial charge is 0.295 e. The number of Topliss-reactive ketones (excluding diaryl/α,β-unsaturated/α-hetero) is 1. The number of benzene rings is 2. The second-order valence-corrected chi connectivity index (χ2v) is 10.9. The maximum Gasteiger partial charge on any atom is 0.295 e. The highest BCUT2D eigenvalue weighted by Gasteiger charge is 2.45. The van der Waals surface area contributed by atoms with Crippen molar-refractivity contribution >= 4 is 27.5 Å². The number of nitrogens with zero attached hydrogens (tertiary/aromatic N) is 2. The van der Waals surface area contributed by atoms with Crippen molar-refractivity contribution in [3.63, 3.8) is 0 Å². The molecule has 0 saturated carbocycles. The van der Waals surface area contributed by atoms with Gasteiger partial charge in [-0.25, -0.2) is 8.42 Å².